The van der Waals surface area contributed by atoms with Crippen LogP contribution >= 0.6 is 0 Å². The predicted octanol–water partition coefficient (Wildman–Crippen LogP) is -1.30. The number of H-pyrrole nitrogens is 1. The molecule has 54 valence electrons. The average Bonchev–Trinajstić information content (AvgIpc) is 2.34. The van der Waals surface area contributed by atoms with Gasteiger partial charge in [0, 0.05) is 7.05 Å². The van der Waals surface area contributed by atoms with Crippen molar-refractivity contribution < 1.29 is 4.52 Å². The molecule has 6 nitrogen and oxygen atoms in total. The van der Waals surface area contributed by atoms with E-state index in [1.807, 2.05) is 0 Å². The molecule has 0 fully saturated rings. The lowest BCUT2D eigenvalue weighted by Gasteiger charge is -1.86. The van der Waals surface area contributed by atoms with E-state index in [0.717, 1.165) is 0 Å². The van der Waals surface area contributed by atoms with Gasteiger partial charge in [-0.3, -0.25) is 14.5 Å². The molecule has 0 saturated heterocycles. The average molecular weight is 142 g/mol. The van der Waals surface area contributed by atoms with Gasteiger partial charge >= 0.3 is 5.76 Å². The monoisotopic (exact) mass is 142 g/mol. The van der Waals surface area contributed by atoms with Gasteiger partial charge < -0.3 is 5.73 Å². The van der Waals surface area contributed by atoms with Crippen molar-refractivity contribution in [3.05, 3.63) is 16.4 Å². The number of aromatic amines is 1. The zero-order chi connectivity index (χ0) is 7.56. The maximum atomic E-state index is 10.3. The highest BCUT2D eigenvalue weighted by molar-refractivity contribution is 5.93. The third kappa shape index (κ3) is 1.04. The molecule has 0 amide bonds. The van der Waals surface area contributed by atoms with Gasteiger partial charge in [-0.15, -0.1) is 0 Å². The van der Waals surface area contributed by atoms with E-state index in [-0.39, 0.29) is 11.7 Å². The van der Waals surface area contributed by atoms with Gasteiger partial charge in [0.05, 0.1) is 0 Å². The lowest BCUT2D eigenvalue weighted by atomic mass is 10.6. The number of rotatable bonds is 1. The van der Waals surface area contributed by atoms with Crippen molar-refractivity contribution in [1.29, 1.82) is 0 Å². The van der Waals surface area contributed by atoms with E-state index >= 15 is 0 Å². The highest BCUT2D eigenvalue weighted by Gasteiger charge is 2.02. The van der Waals surface area contributed by atoms with Crippen molar-refractivity contribution in [2.75, 3.05) is 7.05 Å². The van der Waals surface area contributed by atoms with Crippen molar-refractivity contribution in [2.45, 2.75) is 0 Å². The molecular formula is C4H6N4O2. The Labute approximate surface area is 55.7 Å². The number of amidine groups is 1. The van der Waals surface area contributed by atoms with Gasteiger partial charge in [0.2, 0.25) is 5.82 Å². The number of nitrogens with one attached hydrogen (secondary N) is 1. The van der Waals surface area contributed by atoms with E-state index in [0.29, 0.717) is 0 Å². The molecule has 0 radical (unpaired) electrons. The standard InChI is InChI=1S/C4H6N4O2/c1-6-2(5)3-7-4(9)10-8-3/h1H3,(H2,5,6)(H,7,8,9). The molecule has 0 aliphatic heterocycles. The Morgan fingerprint density at radius 3 is 3.00 bits per heavy atom. The quantitative estimate of drug-likeness (QED) is 0.376. The first-order chi connectivity index (χ1) is 4.74. The minimum atomic E-state index is -0.637. The Morgan fingerprint density at radius 1 is 1.90 bits per heavy atom. The van der Waals surface area contributed by atoms with Crippen LogP contribution in [0.3, 0.4) is 0 Å². The summed E-state index contributed by atoms with van der Waals surface area (Å²) in [4.78, 5) is 16.1. The van der Waals surface area contributed by atoms with Gasteiger partial charge in [-0.25, -0.2) is 4.79 Å². The van der Waals surface area contributed by atoms with Gasteiger partial charge in [0.15, 0.2) is 5.84 Å². The maximum absolute atomic E-state index is 10.3. The second kappa shape index (κ2) is 2.34. The van der Waals surface area contributed by atoms with Gasteiger partial charge in [-0.1, -0.05) is 5.16 Å². The van der Waals surface area contributed by atoms with E-state index in [1.165, 1.54) is 7.05 Å². The third-order valence-corrected chi connectivity index (χ3v) is 0.924. The fourth-order valence-corrected chi connectivity index (χ4v) is 0.446. The van der Waals surface area contributed by atoms with Gasteiger partial charge in [-0.2, -0.15) is 0 Å². The molecule has 0 spiro atoms. The zero-order valence-corrected chi connectivity index (χ0v) is 5.29. The molecule has 3 N–H and O–H groups in total. The van der Waals surface area contributed by atoms with Crippen LogP contribution in [-0.2, 0) is 0 Å². The Kier molecular flexibility index (Phi) is 1.53. The van der Waals surface area contributed by atoms with E-state index in [9.17, 15) is 4.79 Å². The third-order valence-electron chi connectivity index (χ3n) is 0.924. The Balaban J connectivity index is 3.07. The summed E-state index contributed by atoms with van der Waals surface area (Å²) in [6, 6.07) is 0. The fraction of sp³-hybridized carbons (Fsp3) is 0.250. The molecule has 0 aromatic carbocycles. The van der Waals surface area contributed by atoms with Crippen LogP contribution in [0.2, 0.25) is 0 Å². The summed E-state index contributed by atoms with van der Waals surface area (Å²) in [6.07, 6.45) is 0. The zero-order valence-electron chi connectivity index (χ0n) is 5.29. The SMILES string of the molecule is CN=C(N)c1noc(=O)[nH]1. The summed E-state index contributed by atoms with van der Waals surface area (Å²) in [5.74, 6) is -0.333. The van der Waals surface area contributed by atoms with Gasteiger partial charge in [0.1, 0.15) is 0 Å². The molecule has 0 saturated carbocycles. The Hall–Kier alpha value is -1.59. The second-order valence-corrected chi connectivity index (χ2v) is 1.55. The van der Waals surface area contributed by atoms with Crippen molar-refractivity contribution in [1.82, 2.24) is 10.1 Å². The molecule has 0 atom stereocenters. The lowest BCUT2D eigenvalue weighted by Crippen LogP contribution is -2.15. The van der Waals surface area contributed by atoms with Crippen LogP contribution in [0, 0.1) is 0 Å². The molecule has 1 aromatic rings. The van der Waals surface area contributed by atoms with E-state index in [4.69, 9.17) is 5.73 Å². The van der Waals surface area contributed by atoms with Crippen LogP contribution in [0.5, 0.6) is 0 Å². The molecule has 6 heteroatoms. The van der Waals surface area contributed by atoms with E-state index < -0.39 is 5.76 Å². The number of hydrogen-bond donors (Lipinski definition) is 2. The van der Waals surface area contributed by atoms with Crippen molar-refractivity contribution in [3.8, 4) is 0 Å². The number of aliphatic imine (C=N–C) groups is 1. The van der Waals surface area contributed by atoms with E-state index in [1.54, 1.807) is 0 Å². The van der Waals surface area contributed by atoms with E-state index in [2.05, 4.69) is 19.7 Å². The summed E-state index contributed by atoms with van der Waals surface area (Å²) >= 11 is 0. The first-order valence-corrected chi connectivity index (χ1v) is 2.52. The predicted molar refractivity (Wildman–Crippen MR) is 33.8 cm³/mol. The number of nitrogens with zero attached hydrogens (tertiary/aromatic N) is 2. The molecule has 0 bridgehead atoms. The fourth-order valence-electron chi connectivity index (χ4n) is 0.446. The molecular weight excluding hydrogens is 136 g/mol. The number of hydrogen-bond acceptors (Lipinski definition) is 4. The van der Waals surface area contributed by atoms with Crippen LogP contribution in [0.15, 0.2) is 14.3 Å². The minimum absolute atomic E-state index is 0.144. The first kappa shape index (κ1) is 6.53. The van der Waals surface area contributed by atoms with Gasteiger partial charge in [0.25, 0.3) is 0 Å². The summed E-state index contributed by atoms with van der Waals surface area (Å²) in [7, 11) is 1.49. The molecule has 0 aliphatic carbocycles. The van der Waals surface area contributed by atoms with Crippen LogP contribution in [0.4, 0.5) is 0 Å². The Morgan fingerprint density at radius 2 is 2.60 bits per heavy atom. The van der Waals surface area contributed by atoms with Crippen molar-refractivity contribution in [2.24, 2.45) is 10.7 Å². The topological polar surface area (TPSA) is 97.3 Å². The number of aromatic nitrogens is 2. The summed E-state index contributed by atoms with van der Waals surface area (Å²) in [5, 5.41) is 3.29. The normalized spacial score (nSPS) is 11.9. The van der Waals surface area contributed by atoms with Crippen LogP contribution in [0.25, 0.3) is 0 Å². The molecule has 1 heterocycles. The molecule has 0 aliphatic rings. The summed E-state index contributed by atoms with van der Waals surface area (Å²) in [5.41, 5.74) is 5.26. The molecule has 1 rings (SSSR count). The van der Waals surface area contributed by atoms with Crippen LogP contribution in [-0.4, -0.2) is 23.0 Å². The highest BCUT2D eigenvalue weighted by atomic mass is 16.5. The second-order valence-electron chi connectivity index (χ2n) is 1.55. The van der Waals surface area contributed by atoms with Crippen LogP contribution in [0.1, 0.15) is 5.82 Å². The lowest BCUT2D eigenvalue weighted by molar-refractivity contribution is 0.385. The highest BCUT2D eigenvalue weighted by Crippen LogP contribution is 1.80. The van der Waals surface area contributed by atoms with Crippen molar-refractivity contribution >= 4 is 5.84 Å². The maximum Gasteiger partial charge on any atom is 0.439 e. The molecule has 0 unspecified atom stereocenters. The molecule has 1 aromatic heterocycles. The molecule has 10 heavy (non-hydrogen) atoms. The van der Waals surface area contributed by atoms with Gasteiger partial charge in [-0.05, 0) is 0 Å². The minimum Gasteiger partial charge on any atom is -0.381 e. The first-order valence-electron chi connectivity index (χ1n) is 2.52. The number of nitrogens with two attached hydrogens (primary N) is 1. The smallest absolute Gasteiger partial charge is 0.381 e. The largest absolute Gasteiger partial charge is 0.439 e. The van der Waals surface area contributed by atoms with Crippen LogP contribution < -0.4 is 11.5 Å². The Bertz CT molecular complexity index is 296. The summed E-state index contributed by atoms with van der Waals surface area (Å²) < 4.78 is 4.17. The van der Waals surface area contributed by atoms with Crippen molar-refractivity contribution in [3.63, 3.8) is 0 Å². The summed E-state index contributed by atoms with van der Waals surface area (Å²) in [6.45, 7) is 0.